The Morgan fingerprint density at radius 1 is 1.22 bits per heavy atom. The van der Waals surface area contributed by atoms with Gasteiger partial charge >= 0.3 is 0 Å². The van der Waals surface area contributed by atoms with Gasteiger partial charge in [0.25, 0.3) is 0 Å². The summed E-state index contributed by atoms with van der Waals surface area (Å²) in [5.41, 5.74) is 6.51. The molecule has 0 aliphatic carbocycles. The van der Waals surface area contributed by atoms with Crippen LogP contribution >= 0.6 is 11.3 Å². The average molecular weight is 267 g/mol. The number of halogens is 2. The highest BCUT2D eigenvalue weighted by atomic mass is 32.1. The smallest absolute Gasteiger partial charge is 0.128 e. The van der Waals surface area contributed by atoms with Gasteiger partial charge in [-0.25, -0.2) is 8.78 Å². The highest BCUT2D eigenvalue weighted by molar-refractivity contribution is 7.12. The van der Waals surface area contributed by atoms with Gasteiger partial charge in [0.05, 0.1) is 6.04 Å². The number of aryl methyl sites for hydroxylation is 2. The first-order valence-corrected chi connectivity index (χ1v) is 6.64. The van der Waals surface area contributed by atoms with Crippen LogP contribution < -0.4 is 5.73 Å². The molecule has 0 aliphatic rings. The van der Waals surface area contributed by atoms with E-state index in [1.807, 2.05) is 19.1 Å². The first kappa shape index (κ1) is 13.2. The van der Waals surface area contributed by atoms with Crippen molar-refractivity contribution in [2.45, 2.75) is 26.3 Å². The maximum absolute atomic E-state index is 13.8. The number of benzene rings is 1. The van der Waals surface area contributed by atoms with E-state index in [9.17, 15) is 8.78 Å². The fourth-order valence-electron chi connectivity index (χ4n) is 1.80. The molecule has 0 fully saturated rings. The van der Waals surface area contributed by atoms with Gasteiger partial charge in [-0.15, -0.1) is 11.3 Å². The molecule has 1 atom stereocenters. The molecule has 0 spiro atoms. The van der Waals surface area contributed by atoms with Gasteiger partial charge in [0.1, 0.15) is 11.6 Å². The van der Waals surface area contributed by atoms with E-state index in [2.05, 4.69) is 0 Å². The van der Waals surface area contributed by atoms with E-state index in [1.54, 1.807) is 11.3 Å². The van der Waals surface area contributed by atoms with E-state index in [0.717, 1.165) is 11.3 Å². The zero-order valence-electron chi connectivity index (χ0n) is 10.3. The monoisotopic (exact) mass is 267 g/mol. The zero-order valence-corrected chi connectivity index (χ0v) is 11.2. The Morgan fingerprint density at radius 3 is 2.56 bits per heavy atom. The van der Waals surface area contributed by atoms with Gasteiger partial charge in [0.2, 0.25) is 0 Å². The Labute approximate surface area is 109 Å². The number of nitrogens with two attached hydrogens (primary N) is 1. The normalized spacial score (nSPS) is 12.7. The fourth-order valence-corrected chi connectivity index (χ4v) is 2.78. The molecule has 0 radical (unpaired) electrons. The molecule has 0 saturated carbocycles. The summed E-state index contributed by atoms with van der Waals surface area (Å²) < 4.78 is 27.3. The maximum atomic E-state index is 13.8. The van der Waals surface area contributed by atoms with Gasteiger partial charge in [-0.05, 0) is 43.2 Å². The van der Waals surface area contributed by atoms with Crippen LogP contribution in [0.1, 0.15) is 33.8 Å². The number of hydrogen-bond donors (Lipinski definition) is 1. The predicted octanol–water partition coefficient (Wildman–Crippen LogP) is 3.95. The summed E-state index contributed by atoms with van der Waals surface area (Å²) in [6, 6.07) is 5.64. The Kier molecular flexibility index (Phi) is 3.78. The topological polar surface area (TPSA) is 26.0 Å². The standard InChI is InChI=1S/C14H15F2NS/c1-3-9-4-5-13(18-9)14(17)10-7-11(15)8(2)6-12(10)16/h4-7,14H,3,17H2,1-2H3. The van der Waals surface area contributed by atoms with Crippen LogP contribution in [0.4, 0.5) is 8.78 Å². The van der Waals surface area contributed by atoms with Gasteiger partial charge in [0, 0.05) is 15.3 Å². The quantitative estimate of drug-likeness (QED) is 0.895. The predicted molar refractivity (Wildman–Crippen MR) is 70.8 cm³/mol. The second-order valence-corrected chi connectivity index (χ2v) is 5.46. The van der Waals surface area contributed by atoms with Crippen LogP contribution in [0, 0.1) is 18.6 Å². The van der Waals surface area contributed by atoms with Gasteiger partial charge in [-0.3, -0.25) is 0 Å². The molecule has 2 N–H and O–H groups in total. The highest BCUT2D eigenvalue weighted by Gasteiger charge is 2.17. The van der Waals surface area contributed by atoms with Crippen LogP contribution in [0.2, 0.25) is 0 Å². The Balaban J connectivity index is 2.39. The van der Waals surface area contributed by atoms with Crippen LogP contribution in [0.25, 0.3) is 0 Å². The first-order valence-electron chi connectivity index (χ1n) is 5.82. The van der Waals surface area contributed by atoms with Crippen LogP contribution in [-0.4, -0.2) is 0 Å². The molecule has 1 nitrogen and oxygen atoms in total. The molecule has 1 aromatic carbocycles. The van der Waals surface area contributed by atoms with Crippen LogP contribution in [0.5, 0.6) is 0 Å². The summed E-state index contributed by atoms with van der Waals surface area (Å²) >= 11 is 1.54. The van der Waals surface area contributed by atoms with Crippen LogP contribution in [0.15, 0.2) is 24.3 Å². The van der Waals surface area contributed by atoms with Gasteiger partial charge in [0.15, 0.2) is 0 Å². The molecule has 0 amide bonds. The molecule has 0 saturated heterocycles. The highest BCUT2D eigenvalue weighted by Crippen LogP contribution is 2.29. The van der Waals surface area contributed by atoms with E-state index < -0.39 is 17.7 Å². The molecule has 1 unspecified atom stereocenters. The molecule has 1 aromatic heterocycles. The Hall–Kier alpha value is -1.26. The molecule has 2 rings (SSSR count). The maximum Gasteiger partial charge on any atom is 0.128 e. The number of rotatable bonds is 3. The largest absolute Gasteiger partial charge is 0.320 e. The van der Waals surface area contributed by atoms with Crippen molar-refractivity contribution < 1.29 is 8.78 Å². The SMILES string of the molecule is CCc1ccc(C(N)c2cc(F)c(C)cc2F)s1. The van der Waals surface area contributed by atoms with Crippen molar-refractivity contribution in [1.29, 1.82) is 0 Å². The Bertz CT molecular complexity index is 563. The average Bonchev–Trinajstić information content (AvgIpc) is 2.81. The number of hydrogen-bond acceptors (Lipinski definition) is 2. The van der Waals surface area contributed by atoms with Gasteiger partial charge in [-0.2, -0.15) is 0 Å². The van der Waals surface area contributed by atoms with Crippen molar-refractivity contribution in [2.24, 2.45) is 5.73 Å². The summed E-state index contributed by atoms with van der Waals surface area (Å²) in [5, 5.41) is 0. The molecule has 18 heavy (non-hydrogen) atoms. The van der Waals surface area contributed by atoms with Crippen LogP contribution in [-0.2, 0) is 6.42 Å². The first-order chi connectivity index (χ1) is 8.52. The molecule has 0 bridgehead atoms. The van der Waals surface area contributed by atoms with Crippen molar-refractivity contribution in [1.82, 2.24) is 0 Å². The zero-order chi connectivity index (χ0) is 13.3. The molecule has 96 valence electrons. The lowest BCUT2D eigenvalue weighted by Gasteiger charge is -2.12. The van der Waals surface area contributed by atoms with E-state index in [4.69, 9.17) is 5.73 Å². The van der Waals surface area contributed by atoms with E-state index in [-0.39, 0.29) is 5.56 Å². The lowest BCUT2D eigenvalue weighted by Crippen LogP contribution is -2.13. The van der Waals surface area contributed by atoms with Crippen molar-refractivity contribution in [3.63, 3.8) is 0 Å². The van der Waals surface area contributed by atoms with E-state index >= 15 is 0 Å². The van der Waals surface area contributed by atoms with Gasteiger partial charge < -0.3 is 5.73 Å². The molecule has 2 aromatic rings. The minimum absolute atomic E-state index is 0.211. The van der Waals surface area contributed by atoms with Crippen LogP contribution in [0.3, 0.4) is 0 Å². The fraction of sp³-hybridized carbons (Fsp3) is 0.286. The second-order valence-electron chi connectivity index (χ2n) is 4.26. The second kappa shape index (κ2) is 5.16. The molecule has 1 heterocycles. The molecule has 4 heteroatoms. The summed E-state index contributed by atoms with van der Waals surface area (Å²) in [6.07, 6.45) is 0.919. The van der Waals surface area contributed by atoms with Crippen molar-refractivity contribution >= 4 is 11.3 Å². The molecular weight excluding hydrogens is 252 g/mol. The van der Waals surface area contributed by atoms with E-state index in [0.29, 0.717) is 5.56 Å². The lowest BCUT2D eigenvalue weighted by molar-refractivity contribution is 0.571. The third-order valence-corrected chi connectivity index (χ3v) is 4.26. The molecular formula is C14H15F2NS. The summed E-state index contributed by atoms with van der Waals surface area (Å²) in [7, 11) is 0. The minimum Gasteiger partial charge on any atom is -0.320 e. The van der Waals surface area contributed by atoms with Gasteiger partial charge in [-0.1, -0.05) is 6.92 Å². The lowest BCUT2D eigenvalue weighted by atomic mass is 10.0. The third-order valence-electron chi connectivity index (χ3n) is 2.95. The summed E-state index contributed by atoms with van der Waals surface area (Å²) in [5.74, 6) is -0.873. The van der Waals surface area contributed by atoms with Crippen molar-refractivity contribution in [3.05, 3.63) is 56.8 Å². The summed E-state index contributed by atoms with van der Waals surface area (Å²) in [6.45, 7) is 3.58. The number of thiophene rings is 1. The van der Waals surface area contributed by atoms with Crippen molar-refractivity contribution in [2.75, 3.05) is 0 Å². The third kappa shape index (κ3) is 2.44. The molecule has 0 aliphatic heterocycles. The van der Waals surface area contributed by atoms with E-state index in [1.165, 1.54) is 23.9 Å². The van der Waals surface area contributed by atoms with Crippen molar-refractivity contribution in [3.8, 4) is 0 Å². The Morgan fingerprint density at radius 2 is 1.94 bits per heavy atom. The summed E-state index contributed by atoms with van der Waals surface area (Å²) in [4.78, 5) is 2.04. The minimum atomic E-state index is -0.606.